The lowest BCUT2D eigenvalue weighted by atomic mass is 10.1. The normalized spacial score (nSPS) is 12.5. The van der Waals surface area contributed by atoms with Crippen LogP contribution in [0.1, 0.15) is 33.3 Å². The van der Waals surface area contributed by atoms with E-state index in [1.165, 1.54) is 54.3 Å². The van der Waals surface area contributed by atoms with Gasteiger partial charge in [-0.3, -0.25) is 24.0 Å². The number of nitrogens with zero attached hydrogens (tertiary/aromatic N) is 3. The molecule has 0 aliphatic rings. The number of anilines is 1. The van der Waals surface area contributed by atoms with E-state index in [1.54, 1.807) is 20.8 Å². The molecular weight excluding hydrogens is 479 g/mol. The standard InChI is InChI=1S/C23H29FN4O6S/c1-16(22(30)25-23(2,3)4)26(14-17-9-11-18(24)12-10-17)21(29)15-27(35(5,33)34)19-7-6-8-20(13-19)28(31)32/h6-13,16H,14-15H2,1-5H3,(H,25,30)/t16-/m1/s1. The minimum atomic E-state index is -4.03. The molecule has 2 aromatic carbocycles. The topological polar surface area (TPSA) is 130 Å². The fourth-order valence-electron chi connectivity index (χ4n) is 3.22. The van der Waals surface area contributed by atoms with Crippen LogP contribution in [-0.4, -0.2) is 54.4 Å². The summed E-state index contributed by atoms with van der Waals surface area (Å²) in [5.74, 6) is -1.66. The van der Waals surface area contributed by atoms with Gasteiger partial charge < -0.3 is 10.2 Å². The number of non-ortho nitro benzene ring substituents is 1. The van der Waals surface area contributed by atoms with Crippen LogP contribution in [0.3, 0.4) is 0 Å². The third-order valence-corrected chi connectivity index (χ3v) is 6.08. The van der Waals surface area contributed by atoms with Gasteiger partial charge in [0.15, 0.2) is 0 Å². The molecule has 0 heterocycles. The molecule has 0 radical (unpaired) electrons. The van der Waals surface area contributed by atoms with Gasteiger partial charge in [-0.2, -0.15) is 0 Å². The molecule has 10 nitrogen and oxygen atoms in total. The molecule has 0 saturated heterocycles. The Hall–Kier alpha value is -3.54. The van der Waals surface area contributed by atoms with Gasteiger partial charge in [-0.05, 0) is 51.5 Å². The predicted octanol–water partition coefficient (Wildman–Crippen LogP) is 2.83. The average Bonchev–Trinajstić information content (AvgIpc) is 2.74. The molecule has 0 aliphatic carbocycles. The fourth-order valence-corrected chi connectivity index (χ4v) is 4.06. The largest absolute Gasteiger partial charge is 0.350 e. The summed E-state index contributed by atoms with van der Waals surface area (Å²) in [6, 6.07) is 9.23. The number of amides is 2. The fraction of sp³-hybridized carbons (Fsp3) is 0.391. The van der Waals surface area contributed by atoms with Crippen molar-refractivity contribution in [2.75, 3.05) is 17.1 Å². The number of nitrogens with one attached hydrogen (secondary N) is 1. The number of carbonyl (C=O) groups excluding carboxylic acids is 2. The summed E-state index contributed by atoms with van der Waals surface area (Å²) in [7, 11) is -4.03. The number of hydrogen-bond donors (Lipinski definition) is 1. The lowest BCUT2D eigenvalue weighted by Crippen LogP contribution is -2.54. The second kappa shape index (κ2) is 10.8. The van der Waals surface area contributed by atoms with Crippen molar-refractivity contribution >= 4 is 33.2 Å². The first-order chi connectivity index (χ1) is 16.1. The van der Waals surface area contributed by atoms with Crippen molar-refractivity contribution in [3.05, 3.63) is 70.0 Å². The summed E-state index contributed by atoms with van der Waals surface area (Å²) < 4.78 is 39.2. The van der Waals surface area contributed by atoms with Crippen LogP contribution in [0, 0.1) is 15.9 Å². The van der Waals surface area contributed by atoms with Gasteiger partial charge in [0.2, 0.25) is 21.8 Å². The van der Waals surface area contributed by atoms with Crippen LogP contribution in [-0.2, 0) is 26.2 Å². The van der Waals surface area contributed by atoms with Gasteiger partial charge in [0.1, 0.15) is 18.4 Å². The first kappa shape index (κ1) is 27.7. The Morgan fingerprint density at radius 1 is 1.14 bits per heavy atom. The third-order valence-electron chi connectivity index (χ3n) is 4.94. The van der Waals surface area contributed by atoms with Crippen molar-refractivity contribution in [3.63, 3.8) is 0 Å². The molecule has 0 unspecified atom stereocenters. The molecule has 2 amide bonds. The first-order valence-corrected chi connectivity index (χ1v) is 12.5. The quantitative estimate of drug-likeness (QED) is 0.410. The molecule has 12 heteroatoms. The van der Waals surface area contributed by atoms with Crippen molar-refractivity contribution < 1.29 is 27.3 Å². The van der Waals surface area contributed by atoms with E-state index in [2.05, 4.69) is 5.32 Å². The minimum Gasteiger partial charge on any atom is -0.350 e. The van der Waals surface area contributed by atoms with Crippen LogP contribution in [0.2, 0.25) is 0 Å². The van der Waals surface area contributed by atoms with E-state index >= 15 is 0 Å². The highest BCUT2D eigenvalue weighted by molar-refractivity contribution is 7.92. The van der Waals surface area contributed by atoms with Crippen LogP contribution in [0.5, 0.6) is 0 Å². The van der Waals surface area contributed by atoms with E-state index in [1.807, 2.05) is 0 Å². The number of nitro benzene ring substituents is 1. The second-order valence-electron chi connectivity index (χ2n) is 9.11. The molecule has 0 spiro atoms. The summed E-state index contributed by atoms with van der Waals surface area (Å²) in [5, 5.41) is 13.9. The van der Waals surface area contributed by atoms with Crippen molar-refractivity contribution in [1.29, 1.82) is 0 Å². The first-order valence-electron chi connectivity index (χ1n) is 10.7. The lowest BCUT2D eigenvalue weighted by Gasteiger charge is -2.33. The zero-order chi connectivity index (χ0) is 26.6. The Balaban J connectivity index is 2.43. The van der Waals surface area contributed by atoms with Crippen LogP contribution in [0.15, 0.2) is 48.5 Å². The van der Waals surface area contributed by atoms with Crippen LogP contribution < -0.4 is 9.62 Å². The van der Waals surface area contributed by atoms with Crippen molar-refractivity contribution in [2.45, 2.75) is 45.8 Å². The van der Waals surface area contributed by atoms with E-state index < -0.39 is 50.7 Å². The Labute approximate surface area is 203 Å². The van der Waals surface area contributed by atoms with Gasteiger partial charge >= 0.3 is 0 Å². The summed E-state index contributed by atoms with van der Waals surface area (Å²) in [5.41, 5.74) is -0.470. The molecule has 0 saturated carbocycles. The average molecular weight is 509 g/mol. The number of hydrogen-bond acceptors (Lipinski definition) is 6. The Bertz CT molecular complexity index is 1200. The van der Waals surface area contributed by atoms with Crippen LogP contribution in [0.25, 0.3) is 0 Å². The second-order valence-corrected chi connectivity index (χ2v) is 11.0. The number of halogens is 1. The maximum atomic E-state index is 13.4. The summed E-state index contributed by atoms with van der Waals surface area (Å²) in [6.45, 7) is 6.03. The molecule has 0 bridgehead atoms. The molecule has 0 aliphatic heterocycles. The molecule has 1 atom stereocenters. The molecular formula is C23H29FN4O6S. The summed E-state index contributed by atoms with van der Waals surface area (Å²) >= 11 is 0. The molecule has 1 N–H and O–H groups in total. The predicted molar refractivity (Wildman–Crippen MR) is 130 cm³/mol. The zero-order valence-corrected chi connectivity index (χ0v) is 21.0. The molecule has 0 aromatic heterocycles. The maximum Gasteiger partial charge on any atom is 0.271 e. The van der Waals surface area contributed by atoms with E-state index in [4.69, 9.17) is 0 Å². The number of nitro groups is 1. The van der Waals surface area contributed by atoms with E-state index in [0.29, 0.717) is 5.56 Å². The number of benzene rings is 2. The van der Waals surface area contributed by atoms with Crippen LogP contribution >= 0.6 is 0 Å². The Morgan fingerprint density at radius 2 is 1.74 bits per heavy atom. The van der Waals surface area contributed by atoms with E-state index in [-0.39, 0.29) is 17.9 Å². The molecule has 2 aromatic rings. The highest BCUT2D eigenvalue weighted by Crippen LogP contribution is 2.24. The van der Waals surface area contributed by atoms with Gasteiger partial charge in [-0.25, -0.2) is 12.8 Å². The highest BCUT2D eigenvalue weighted by atomic mass is 32.2. The molecule has 35 heavy (non-hydrogen) atoms. The smallest absolute Gasteiger partial charge is 0.271 e. The third kappa shape index (κ3) is 8.02. The zero-order valence-electron chi connectivity index (χ0n) is 20.2. The van der Waals surface area contributed by atoms with Crippen molar-refractivity contribution in [3.8, 4) is 0 Å². The van der Waals surface area contributed by atoms with Crippen molar-refractivity contribution in [1.82, 2.24) is 10.2 Å². The maximum absolute atomic E-state index is 13.4. The van der Waals surface area contributed by atoms with Gasteiger partial charge in [-0.15, -0.1) is 0 Å². The highest BCUT2D eigenvalue weighted by Gasteiger charge is 2.31. The number of rotatable bonds is 9. The van der Waals surface area contributed by atoms with E-state index in [0.717, 1.165) is 16.6 Å². The number of carbonyl (C=O) groups is 2. The lowest BCUT2D eigenvalue weighted by molar-refractivity contribution is -0.384. The van der Waals surface area contributed by atoms with Gasteiger partial charge in [0.25, 0.3) is 5.69 Å². The van der Waals surface area contributed by atoms with Crippen LogP contribution in [0.4, 0.5) is 15.8 Å². The van der Waals surface area contributed by atoms with Gasteiger partial charge in [0, 0.05) is 24.2 Å². The molecule has 2 rings (SSSR count). The Morgan fingerprint density at radius 3 is 2.26 bits per heavy atom. The summed E-state index contributed by atoms with van der Waals surface area (Å²) in [4.78, 5) is 37.9. The summed E-state index contributed by atoms with van der Waals surface area (Å²) in [6.07, 6.45) is 0.874. The monoisotopic (exact) mass is 508 g/mol. The Kier molecular flexibility index (Phi) is 8.55. The number of sulfonamides is 1. The van der Waals surface area contributed by atoms with Crippen molar-refractivity contribution in [2.24, 2.45) is 0 Å². The molecule has 190 valence electrons. The molecule has 0 fully saturated rings. The SMILES string of the molecule is C[C@H](C(=O)NC(C)(C)C)N(Cc1ccc(F)cc1)C(=O)CN(c1cccc([N+](=O)[O-])c1)S(C)(=O)=O. The minimum absolute atomic E-state index is 0.0661. The van der Waals surface area contributed by atoms with Gasteiger partial charge in [0.05, 0.1) is 16.9 Å². The van der Waals surface area contributed by atoms with Gasteiger partial charge in [-0.1, -0.05) is 18.2 Å². The van der Waals surface area contributed by atoms with E-state index in [9.17, 15) is 32.5 Å².